The molecule has 1 atom stereocenters. The van der Waals surface area contributed by atoms with Crippen molar-refractivity contribution in [1.29, 1.82) is 0 Å². The van der Waals surface area contributed by atoms with Crippen LogP contribution in [0.25, 0.3) is 10.8 Å². The van der Waals surface area contributed by atoms with Crippen molar-refractivity contribution in [2.75, 3.05) is 0 Å². The summed E-state index contributed by atoms with van der Waals surface area (Å²) in [7, 11) is 0. The molecule has 1 nitrogen and oxygen atoms in total. The third-order valence-corrected chi connectivity index (χ3v) is 5.12. The minimum Gasteiger partial charge on any atom is -0.489 e. The average Bonchev–Trinajstić information content (AvgIpc) is 2.64. The summed E-state index contributed by atoms with van der Waals surface area (Å²) in [5, 5.41) is 2.53. The molecule has 0 radical (unpaired) electrons. The number of rotatable bonds is 6. The third kappa shape index (κ3) is 4.46. The quantitative estimate of drug-likeness (QED) is 0.453. The van der Waals surface area contributed by atoms with E-state index in [9.17, 15) is 0 Å². The highest BCUT2D eigenvalue weighted by Gasteiger charge is 2.25. The Morgan fingerprint density at radius 2 is 1.54 bits per heavy atom. The monoisotopic (exact) mass is 346 g/mol. The van der Waals surface area contributed by atoms with Gasteiger partial charge < -0.3 is 4.74 Å². The number of fused-ring (bicyclic) bond motifs is 1. The molecule has 136 valence electrons. The van der Waals surface area contributed by atoms with E-state index in [2.05, 4.69) is 94.4 Å². The number of benzene rings is 3. The van der Waals surface area contributed by atoms with Crippen molar-refractivity contribution in [3.05, 3.63) is 77.9 Å². The molecule has 0 saturated carbocycles. The van der Waals surface area contributed by atoms with Crippen LogP contribution in [0.1, 0.15) is 57.6 Å². The maximum atomic E-state index is 6.02. The highest BCUT2D eigenvalue weighted by molar-refractivity contribution is 5.82. The summed E-state index contributed by atoms with van der Waals surface area (Å²) >= 11 is 0. The minimum atomic E-state index is 0.281. The Morgan fingerprint density at radius 3 is 2.19 bits per heavy atom. The van der Waals surface area contributed by atoms with Crippen LogP contribution in [0.2, 0.25) is 0 Å². The Labute approximate surface area is 158 Å². The standard InChI is InChI=1S/C25H30O/c1-5-8-24(25(2,3)4)21-13-15-23(16-14-21)26-18-19-11-12-20-9-6-7-10-22(20)17-19/h6-7,9-17,24H,5,8,18H2,1-4H3. The fourth-order valence-electron chi connectivity index (χ4n) is 3.68. The molecular weight excluding hydrogens is 316 g/mol. The lowest BCUT2D eigenvalue weighted by Crippen LogP contribution is -2.18. The van der Waals surface area contributed by atoms with Crippen LogP contribution in [0.4, 0.5) is 0 Å². The Balaban J connectivity index is 1.68. The zero-order valence-corrected chi connectivity index (χ0v) is 16.5. The van der Waals surface area contributed by atoms with Gasteiger partial charge in [-0.05, 0) is 57.9 Å². The number of hydrogen-bond donors (Lipinski definition) is 0. The summed E-state index contributed by atoms with van der Waals surface area (Å²) in [5.41, 5.74) is 2.90. The van der Waals surface area contributed by atoms with Crippen molar-refractivity contribution < 1.29 is 4.74 Å². The van der Waals surface area contributed by atoms with Crippen LogP contribution in [0.5, 0.6) is 5.75 Å². The van der Waals surface area contributed by atoms with Crippen LogP contribution in [0, 0.1) is 5.41 Å². The zero-order chi connectivity index (χ0) is 18.6. The summed E-state index contributed by atoms with van der Waals surface area (Å²) < 4.78 is 6.02. The molecule has 1 unspecified atom stereocenters. The first-order chi connectivity index (χ1) is 12.5. The Hall–Kier alpha value is -2.28. The van der Waals surface area contributed by atoms with Gasteiger partial charge in [-0.1, -0.05) is 82.6 Å². The Morgan fingerprint density at radius 1 is 0.846 bits per heavy atom. The summed E-state index contributed by atoms with van der Waals surface area (Å²) in [6.45, 7) is 9.86. The third-order valence-electron chi connectivity index (χ3n) is 5.12. The van der Waals surface area contributed by atoms with E-state index in [1.54, 1.807) is 0 Å². The normalized spacial score (nSPS) is 12.9. The molecule has 1 heteroatoms. The SMILES string of the molecule is CCCC(c1ccc(OCc2ccc3ccccc3c2)cc1)C(C)(C)C. The van der Waals surface area contributed by atoms with Gasteiger partial charge in [-0.15, -0.1) is 0 Å². The maximum absolute atomic E-state index is 6.02. The summed E-state index contributed by atoms with van der Waals surface area (Å²) in [4.78, 5) is 0. The zero-order valence-electron chi connectivity index (χ0n) is 16.5. The highest BCUT2D eigenvalue weighted by atomic mass is 16.5. The van der Waals surface area contributed by atoms with Gasteiger partial charge in [0.1, 0.15) is 12.4 Å². The van der Waals surface area contributed by atoms with Gasteiger partial charge in [0.2, 0.25) is 0 Å². The fourth-order valence-corrected chi connectivity index (χ4v) is 3.68. The Bertz CT molecular complexity index is 840. The molecule has 0 aliphatic carbocycles. The van der Waals surface area contributed by atoms with E-state index in [1.165, 1.54) is 34.7 Å². The van der Waals surface area contributed by atoms with Gasteiger partial charge >= 0.3 is 0 Å². The van der Waals surface area contributed by atoms with E-state index >= 15 is 0 Å². The maximum Gasteiger partial charge on any atom is 0.119 e. The first-order valence-corrected chi connectivity index (χ1v) is 9.68. The van der Waals surface area contributed by atoms with Crippen molar-refractivity contribution in [3.63, 3.8) is 0 Å². The smallest absolute Gasteiger partial charge is 0.119 e. The van der Waals surface area contributed by atoms with E-state index in [1.807, 2.05) is 0 Å². The van der Waals surface area contributed by atoms with E-state index in [0.29, 0.717) is 12.5 Å². The molecule has 0 fully saturated rings. The van der Waals surface area contributed by atoms with E-state index in [0.717, 1.165) is 5.75 Å². The lowest BCUT2D eigenvalue weighted by atomic mass is 9.74. The second-order valence-corrected chi connectivity index (χ2v) is 8.25. The van der Waals surface area contributed by atoms with Crippen LogP contribution < -0.4 is 4.74 Å². The largest absolute Gasteiger partial charge is 0.489 e. The van der Waals surface area contributed by atoms with Crippen molar-refractivity contribution in [3.8, 4) is 5.75 Å². The molecule has 3 aromatic carbocycles. The molecule has 3 rings (SSSR count). The van der Waals surface area contributed by atoms with Crippen molar-refractivity contribution >= 4 is 10.8 Å². The molecule has 26 heavy (non-hydrogen) atoms. The van der Waals surface area contributed by atoms with Crippen molar-refractivity contribution in [2.24, 2.45) is 5.41 Å². The molecule has 0 aromatic heterocycles. The first kappa shape index (κ1) is 18.5. The van der Waals surface area contributed by atoms with Gasteiger partial charge in [-0.3, -0.25) is 0 Å². The molecule has 0 heterocycles. The number of ether oxygens (including phenoxy) is 1. The van der Waals surface area contributed by atoms with Gasteiger partial charge in [0.15, 0.2) is 0 Å². The minimum absolute atomic E-state index is 0.281. The van der Waals surface area contributed by atoms with Gasteiger partial charge in [0.25, 0.3) is 0 Å². The lowest BCUT2D eigenvalue weighted by molar-refractivity contribution is 0.298. The molecule has 0 aliphatic heterocycles. The van der Waals surface area contributed by atoms with E-state index in [4.69, 9.17) is 4.74 Å². The molecule has 0 amide bonds. The van der Waals surface area contributed by atoms with E-state index in [-0.39, 0.29) is 5.41 Å². The highest BCUT2D eigenvalue weighted by Crippen LogP contribution is 2.39. The average molecular weight is 347 g/mol. The molecule has 0 saturated heterocycles. The van der Waals surface area contributed by atoms with Crippen LogP contribution in [-0.2, 0) is 6.61 Å². The van der Waals surface area contributed by atoms with Crippen LogP contribution in [-0.4, -0.2) is 0 Å². The van der Waals surface area contributed by atoms with Gasteiger partial charge in [-0.2, -0.15) is 0 Å². The van der Waals surface area contributed by atoms with Gasteiger partial charge in [0.05, 0.1) is 0 Å². The van der Waals surface area contributed by atoms with E-state index < -0.39 is 0 Å². The fraction of sp³-hybridized carbons (Fsp3) is 0.360. The molecule has 0 spiro atoms. The predicted molar refractivity (Wildman–Crippen MR) is 112 cm³/mol. The van der Waals surface area contributed by atoms with Crippen molar-refractivity contribution in [2.45, 2.75) is 53.1 Å². The molecular formula is C25H30O. The Kier molecular flexibility index (Phi) is 5.66. The molecule has 3 aromatic rings. The van der Waals surface area contributed by atoms with Crippen LogP contribution in [0.15, 0.2) is 66.7 Å². The van der Waals surface area contributed by atoms with Crippen molar-refractivity contribution in [1.82, 2.24) is 0 Å². The molecule has 0 aliphatic rings. The predicted octanol–water partition coefficient (Wildman–Crippen LogP) is 7.35. The van der Waals surface area contributed by atoms with Gasteiger partial charge in [0, 0.05) is 0 Å². The molecule has 0 N–H and O–H groups in total. The number of hydrogen-bond acceptors (Lipinski definition) is 1. The summed E-state index contributed by atoms with van der Waals surface area (Å²) in [6.07, 6.45) is 2.43. The second-order valence-electron chi connectivity index (χ2n) is 8.25. The topological polar surface area (TPSA) is 9.23 Å². The van der Waals surface area contributed by atoms with Crippen LogP contribution in [0.3, 0.4) is 0 Å². The van der Waals surface area contributed by atoms with Gasteiger partial charge in [-0.25, -0.2) is 0 Å². The molecule has 0 bridgehead atoms. The second kappa shape index (κ2) is 7.95. The van der Waals surface area contributed by atoms with Crippen LogP contribution >= 0.6 is 0 Å². The lowest BCUT2D eigenvalue weighted by Gasteiger charge is -2.31. The first-order valence-electron chi connectivity index (χ1n) is 9.68. The summed E-state index contributed by atoms with van der Waals surface area (Å²) in [6, 6.07) is 23.7. The summed E-state index contributed by atoms with van der Waals surface area (Å²) in [5.74, 6) is 1.52.